The average molecular weight is 197 g/mol. The Balaban J connectivity index is 0. The van der Waals surface area contributed by atoms with Gasteiger partial charge in [-0.3, -0.25) is 4.79 Å². The zero-order chi connectivity index (χ0) is 6.57. The molecule has 0 aliphatic heterocycles. The molecule has 0 aromatic heterocycles. The van der Waals surface area contributed by atoms with Gasteiger partial charge in [0.05, 0.1) is 6.61 Å². The van der Waals surface area contributed by atoms with Crippen LogP contribution in [0, 0.1) is 5.92 Å². The molecular formula is C6H13BrO2. The summed E-state index contributed by atoms with van der Waals surface area (Å²) in [6.45, 7) is 5.96. The molecular weight excluding hydrogens is 184 g/mol. The summed E-state index contributed by atoms with van der Waals surface area (Å²) in [4.78, 5) is 10.1. The number of hydrogen-bond acceptors (Lipinski definition) is 2. The number of esters is 1. The molecule has 0 radical (unpaired) electrons. The first-order chi connectivity index (χ1) is 3.63. The molecule has 0 saturated heterocycles. The summed E-state index contributed by atoms with van der Waals surface area (Å²) in [5.41, 5.74) is 0. The van der Waals surface area contributed by atoms with Crippen LogP contribution in [0.2, 0.25) is 0 Å². The monoisotopic (exact) mass is 196 g/mol. The van der Waals surface area contributed by atoms with E-state index in [9.17, 15) is 4.79 Å². The summed E-state index contributed by atoms with van der Waals surface area (Å²) in [5, 5.41) is 0. The lowest BCUT2D eigenvalue weighted by Gasteiger charge is -2.02. The normalized spacial score (nSPS) is 8.44. The van der Waals surface area contributed by atoms with Crippen molar-refractivity contribution in [1.82, 2.24) is 0 Å². The quantitative estimate of drug-likeness (QED) is 0.630. The zero-order valence-corrected chi connectivity index (χ0v) is 7.72. The van der Waals surface area contributed by atoms with Crippen molar-refractivity contribution in [3.05, 3.63) is 0 Å². The standard InChI is InChI=1S/C6H12O2.BrH/c1-5(2)4-8-6(3)7;/h5H,4H2,1-3H3;1H. The van der Waals surface area contributed by atoms with Crippen molar-refractivity contribution < 1.29 is 9.53 Å². The third kappa shape index (κ3) is 11.5. The van der Waals surface area contributed by atoms with E-state index >= 15 is 0 Å². The van der Waals surface area contributed by atoms with Gasteiger partial charge < -0.3 is 4.74 Å². The fraction of sp³-hybridized carbons (Fsp3) is 0.833. The van der Waals surface area contributed by atoms with E-state index in [2.05, 4.69) is 4.74 Å². The molecule has 9 heavy (non-hydrogen) atoms. The summed E-state index contributed by atoms with van der Waals surface area (Å²) in [7, 11) is 0. The molecule has 0 rings (SSSR count). The third-order valence-corrected chi connectivity index (χ3v) is 0.620. The maximum absolute atomic E-state index is 10.1. The lowest BCUT2D eigenvalue weighted by Crippen LogP contribution is -2.05. The molecule has 0 aliphatic rings. The van der Waals surface area contributed by atoms with Crippen LogP contribution in [-0.4, -0.2) is 12.6 Å². The topological polar surface area (TPSA) is 26.3 Å². The Morgan fingerprint density at radius 3 is 2.11 bits per heavy atom. The number of carbonyl (C=O) groups is 1. The summed E-state index contributed by atoms with van der Waals surface area (Å²) in [6.07, 6.45) is 0. The van der Waals surface area contributed by atoms with Crippen molar-refractivity contribution in [1.29, 1.82) is 0 Å². The summed E-state index contributed by atoms with van der Waals surface area (Å²) in [5.74, 6) is 0.248. The van der Waals surface area contributed by atoms with Gasteiger partial charge in [0.1, 0.15) is 0 Å². The number of hydrogen-bond donors (Lipinski definition) is 0. The van der Waals surface area contributed by atoms with Gasteiger partial charge in [0.25, 0.3) is 0 Å². The molecule has 2 nitrogen and oxygen atoms in total. The number of ether oxygens (including phenoxy) is 1. The second kappa shape index (κ2) is 6.08. The number of halogens is 1. The Kier molecular flexibility index (Phi) is 7.91. The maximum Gasteiger partial charge on any atom is 0.302 e. The Hall–Kier alpha value is -0.0500. The SMILES string of the molecule is Br.CC(=O)OCC(C)C. The molecule has 0 spiro atoms. The van der Waals surface area contributed by atoms with Gasteiger partial charge in [-0.1, -0.05) is 13.8 Å². The van der Waals surface area contributed by atoms with Gasteiger partial charge in [0.2, 0.25) is 0 Å². The van der Waals surface area contributed by atoms with Crippen molar-refractivity contribution in [3.63, 3.8) is 0 Å². The first-order valence-electron chi connectivity index (χ1n) is 2.76. The molecule has 0 amide bonds. The second-order valence-electron chi connectivity index (χ2n) is 2.20. The number of carbonyl (C=O) groups excluding carboxylic acids is 1. The molecule has 56 valence electrons. The molecule has 0 saturated carbocycles. The van der Waals surface area contributed by atoms with Crippen LogP contribution in [0.5, 0.6) is 0 Å². The van der Waals surface area contributed by atoms with E-state index < -0.39 is 0 Å². The van der Waals surface area contributed by atoms with Crippen molar-refractivity contribution in [2.24, 2.45) is 5.92 Å². The van der Waals surface area contributed by atoms with Gasteiger partial charge >= 0.3 is 5.97 Å². The summed E-state index contributed by atoms with van der Waals surface area (Å²) >= 11 is 0. The van der Waals surface area contributed by atoms with E-state index in [1.54, 1.807) is 0 Å². The fourth-order valence-corrected chi connectivity index (χ4v) is 0.284. The number of rotatable bonds is 2. The highest BCUT2D eigenvalue weighted by Gasteiger charge is 1.94. The van der Waals surface area contributed by atoms with Gasteiger partial charge in [0.15, 0.2) is 0 Å². The largest absolute Gasteiger partial charge is 0.466 e. The van der Waals surface area contributed by atoms with Crippen LogP contribution in [0.1, 0.15) is 20.8 Å². The third-order valence-electron chi connectivity index (χ3n) is 0.620. The average Bonchev–Trinajstić information content (AvgIpc) is 1.61. The Labute approximate surface area is 66.4 Å². The van der Waals surface area contributed by atoms with E-state index in [0.29, 0.717) is 12.5 Å². The maximum atomic E-state index is 10.1. The lowest BCUT2D eigenvalue weighted by atomic mass is 10.2. The Morgan fingerprint density at radius 1 is 1.56 bits per heavy atom. The van der Waals surface area contributed by atoms with Crippen LogP contribution in [0.15, 0.2) is 0 Å². The molecule has 0 bridgehead atoms. The smallest absolute Gasteiger partial charge is 0.302 e. The van der Waals surface area contributed by atoms with Gasteiger partial charge in [-0.25, -0.2) is 0 Å². The van der Waals surface area contributed by atoms with Crippen LogP contribution in [-0.2, 0) is 9.53 Å². The van der Waals surface area contributed by atoms with Crippen molar-refractivity contribution in [2.45, 2.75) is 20.8 Å². The highest BCUT2D eigenvalue weighted by atomic mass is 79.9. The molecule has 0 aliphatic carbocycles. The van der Waals surface area contributed by atoms with Crippen LogP contribution in [0.3, 0.4) is 0 Å². The van der Waals surface area contributed by atoms with Crippen molar-refractivity contribution in [3.8, 4) is 0 Å². The van der Waals surface area contributed by atoms with E-state index in [4.69, 9.17) is 0 Å². The van der Waals surface area contributed by atoms with E-state index in [-0.39, 0.29) is 23.0 Å². The molecule has 0 aromatic rings. The predicted molar refractivity (Wildman–Crippen MR) is 41.8 cm³/mol. The van der Waals surface area contributed by atoms with E-state index in [1.807, 2.05) is 13.8 Å². The zero-order valence-electron chi connectivity index (χ0n) is 6.01. The van der Waals surface area contributed by atoms with Crippen LogP contribution < -0.4 is 0 Å². The van der Waals surface area contributed by atoms with Crippen molar-refractivity contribution >= 4 is 23.0 Å². The Bertz CT molecular complexity index is 81.1. The fourth-order valence-electron chi connectivity index (χ4n) is 0.284. The first kappa shape index (κ1) is 11.7. The minimum Gasteiger partial charge on any atom is -0.466 e. The molecule has 0 fully saturated rings. The highest BCUT2D eigenvalue weighted by molar-refractivity contribution is 8.93. The van der Waals surface area contributed by atoms with Gasteiger partial charge in [-0.05, 0) is 5.92 Å². The summed E-state index contributed by atoms with van der Waals surface area (Å²) < 4.78 is 4.66. The van der Waals surface area contributed by atoms with E-state index in [0.717, 1.165) is 0 Å². The Morgan fingerprint density at radius 2 is 2.00 bits per heavy atom. The molecule has 0 aromatic carbocycles. The minimum atomic E-state index is -0.196. The van der Waals surface area contributed by atoms with Crippen molar-refractivity contribution in [2.75, 3.05) is 6.61 Å². The molecule has 0 atom stereocenters. The van der Waals surface area contributed by atoms with Crippen LogP contribution >= 0.6 is 17.0 Å². The van der Waals surface area contributed by atoms with Gasteiger partial charge in [-0.15, -0.1) is 17.0 Å². The molecule has 0 unspecified atom stereocenters. The minimum absolute atomic E-state index is 0. The van der Waals surface area contributed by atoms with Gasteiger partial charge in [-0.2, -0.15) is 0 Å². The van der Waals surface area contributed by atoms with E-state index in [1.165, 1.54) is 6.92 Å². The summed E-state index contributed by atoms with van der Waals surface area (Å²) in [6, 6.07) is 0. The van der Waals surface area contributed by atoms with Gasteiger partial charge in [0, 0.05) is 6.92 Å². The first-order valence-corrected chi connectivity index (χ1v) is 2.76. The molecule has 0 N–H and O–H groups in total. The predicted octanol–water partition coefficient (Wildman–Crippen LogP) is 1.78. The lowest BCUT2D eigenvalue weighted by molar-refractivity contribution is -0.141. The van der Waals surface area contributed by atoms with Crippen LogP contribution in [0.4, 0.5) is 0 Å². The van der Waals surface area contributed by atoms with Crippen LogP contribution in [0.25, 0.3) is 0 Å². The second-order valence-corrected chi connectivity index (χ2v) is 2.20. The molecule has 3 heteroatoms. The molecule has 0 heterocycles. The highest BCUT2D eigenvalue weighted by Crippen LogP contribution is 1.91.